The highest BCUT2D eigenvalue weighted by atomic mass is 16.3. The van der Waals surface area contributed by atoms with Gasteiger partial charge in [0.05, 0.1) is 11.8 Å². The van der Waals surface area contributed by atoms with Gasteiger partial charge in [-0.15, -0.1) is 0 Å². The molecule has 0 bridgehead atoms. The fourth-order valence-corrected chi connectivity index (χ4v) is 3.10. The van der Waals surface area contributed by atoms with Crippen LogP contribution in [0, 0.1) is 6.92 Å². The van der Waals surface area contributed by atoms with Gasteiger partial charge in [0, 0.05) is 12.6 Å². The number of nitrogens with two attached hydrogens (primary N) is 1. The average Bonchev–Trinajstić information content (AvgIpc) is 2.88. The largest absolute Gasteiger partial charge is 0.393 e. The van der Waals surface area contributed by atoms with Crippen LogP contribution < -0.4 is 5.73 Å². The molecule has 1 aliphatic rings. The number of nitrogens with zero attached hydrogens (tertiary/aromatic N) is 4. The summed E-state index contributed by atoms with van der Waals surface area (Å²) in [6, 6.07) is 0.329. The van der Waals surface area contributed by atoms with E-state index in [0.29, 0.717) is 12.0 Å². The van der Waals surface area contributed by atoms with Crippen molar-refractivity contribution in [1.82, 2.24) is 19.3 Å². The summed E-state index contributed by atoms with van der Waals surface area (Å²) < 4.78 is 4.09. The summed E-state index contributed by atoms with van der Waals surface area (Å²) in [6.07, 6.45) is 3.41. The molecule has 0 aliphatic heterocycles. The highest BCUT2D eigenvalue weighted by molar-refractivity contribution is 5.77. The van der Waals surface area contributed by atoms with E-state index in [1.54, 1.807) is 0 Å². The minimum atomic E-state index is -0.158. The van der Waals surface area contributed by atoms with E-state index in [1.165, 1.54) is 0 Å². The minimum Gasteiger partial charge on any atom is -0.393 e. The van der Waals surface area contributed by atoms with Crippen LogP contribution in [0.5, 0.6) is 0 Å². The van der Waals surface area contributed by atoms with Gasteiger partial charge in [-0.05, 0) is 39.5 Å². The number of fused-ring (bicyclic) bond motifs is 1. The Hall–Kier alpha value is -1.56. The highest BCUT2D eigenvalue weighted by Gasteiger charge is 2.26. The van der Waals surface area contributed by atoms with E-state index in [1.807, 2.05) is 11.6 Å². The van der Waals surface area contributed by atoms with Crippen LogP contribution >= 0.6 is 0 Å². The minimum absolute atomic E-state index is 0.158. The fraction of sp³-hybridized carbons (Fsp3) is 0.692. The van der Waals surface area contributed by atoms with Crippen LogP contribution in [-0.2, 0) is 6.54 Å². The van der Waals surface area contributed by atoms with Crippen LogP contribution in [0.3, 0.4) is 0 Å². The van der Waals surface area contributed by atoms with E-state index in [2.05, 4.69) is 21.6 Å². The molecule has 1 saturated carbocycles. The van der Waals surface area contributed by atoms with E-state index in [0.717, 1.165) is 49.1 Å². The van der Waals surface area contributed by atoms with E-state index in [-0.39, 0.29) is 6.10 Å². The van der Waals surface area contributed by atoms with Crippen LogP contribution in [0.25, 0.3) is 11.2 Å². The third-order valence-electron chi connectivity index (χ3n) is 4.10. The Morgan fingerprint density at radius 1 is 1.32 bits per heavy atom. The molecule has 2 aromatic rings. The first-order valence-electron chi connectivity index (χ1n) is 7.00. The van der Waals surface area contributed by atoms with Crippen molar-refractivity contribution in [2.75, 3.05) is 5.73 Å². The van der Waals surface area contributed by atoms with Crippen molar-refractivity contribution in [2.24, 2.45) is 0 Å². The van der Waals surface area contributed by atoms with Gasteiger partial charge in [-0.1, -0.05) is 0 Å². The molecule has 1 aliphatic carbocycles. The maximum Gasteiger partial charge on any atom is 0.202 e. The Labute approximate surface area is 112 Å². The molecule has 2 aromatic heterocycles. The second-order valence-corrected chi connectivity index (χ2v) is 5.38. The number of imidazole rings is 1. The second-order valence-electron chi connectivity index (χ2n) is 5.38. The number of aliphatic hydroxyl groups excluding tert-OH is 1. The van der Waals surface area contributed by atoms with Crippen molar-refractivity contribution < 1.29 is 5.11 Å². The number of hydrogen-bond donors (Lipinski definition) is 2. The maximum absolute atomic E-state index is 9.64. The molecule has 104 valence electrons. The first-order chi connectivity index (χ1) is 9.11. The van der Waals surface area contributed by atoms with Gasteiger partial charge in [0.15, 0.2) is 5.65 Å². The molecule has 0 atom stereocenters. The first-order valence-corrected chi connectivity index (χ1v) is 7.00. The number of anilines is 1. The van der Waals surface area contributed by atoms with Gasteiger partial charge >= 0.3 is 0 Å². The van der Waals surface area contributed by atoms with Crippen LogP contribution in [0.2, 0.25) is 0 Å². The zero-order valence-electron chi connectivity index (χ0n) is 11.5. The lowest BCUT2D eigenvalue weighted by molar-refractivity contribution is 0.111. The zero-order valence-corrected chi connectivity index (χ0v) is 11.5. The van der Waals surface area contributed by atoms with Crippen molar-refractivity contribution in [2.45, 2.75) is 58.2 Å². The Balaban J connectivity index is 2.09. The van der Waals surface area contributed by atoms with E-state index >= 15 is 0 Å². The molecule has 0 radical (unpaired) electrons. The van der Waals surface area contributed by atoms with E-state index in [4.69, 9.17) is 5.73 Å². The molecule has 0 aromatic carbocycles. The zero-order chi connectivity index (χ0) is 13.6. The number of aryl methyl sites for hydroxylation is 2. The molecule has 3 rings (SSSR count). The SMILES string of the molecule is CCn1nc(C)c2nc(N)n(C3CCC(O)CC3)c21. The van der Waals surface area contributed by atoms with Crippen LogP contribution in [0.15, 0.2) is 0 Å². The molecular weight excluding hydrogens is 242 g/mol. The summed E-state index contributed by atoms with van der Waals surface area (Å²) in [6.45, 7) is 4.85. The number of nitrogen functional groups attached to an aromatic ring is 1. The second kappa shape index (κ2) is 4.52. The Kier molecular flexibility index (Phi) is 2.97. The molecule has 0 spiro atoms. The number of rotatable bonds is 2. The predicted octanol–water partition coefficient (Wildman–Crippen LogP) is 1.62. The smallest absolute Gasteiger partial charge is 0.202 e. The van der Waals surface area contributed by atoms with Crippen molar-refractivity contribution in [1.29, 1.82) is 0 Å². The van der Waals surface area contributed by atoms with Crippen LogP contribution in [-0.4, -0.2) is 30.5 Å². The summed E-state index contributed by atoms with van der Waals surface area (Å²) >= 11 is 0. The van der Waals surface area contributed by atoms with Crippen molar-refractivity contribution >= 4 is 17.1 Å². The number of hydrogen-bond acceptors (Lipinski definition) is 4. The Morgan fingerprint density at radius 2 is 2.00 bits per heavy atom. The van der Waals surface area contributed by atoms with E-state index in [9.17, 15) is 5.11 Å². The quantitative estimate of drug-likeness (QED) is 0.862. The molecule has 19 heavy (non-hydrogen) atoms. The molecule has 0 amide bonds. The predicted molar refractivity (Wildman–Crippen MR) is 73.9 cm³/mol. The van der Waals surface area contributed by atoms with Gasteiger partial charge in [-0.2, -0.15) is 5.10 Å². The third-order valence-corrected chi connectivity index (χ3v) is 4.10. The lowest BCUT2D eigenvalue weighted by Crippen LogP contribution is -2.23. The summed E-state index contributed by atoms with van der Waals surface area (Å²) in [5.74, 6) is 0.569. The van der Waals surface area contributed by atoms with Gasteiger partial charge in [-0.3, -0.25) is 4.57 Å². The summed E-state index contributed by atoms with van der Waals surface area (Å²) in [4.78, 5) is 4.47. The summed E-state index contributed by atoms with van der Waals surface area (Å²) in [5.41, 5.74) is 8.97. The molecule has 3 N–H and O–H groups in total. The van der Waals surface area contributed by atoms with Gasteiger partial charge < -0.3 is 10.8 Å². The molecular formula is C13H21N5O. The summed E-state index contributed by atoms with van der Waals surface area (Å²) in [5, 5.41) is 14.1. The van der Waals surface area contributed by atoms with Gasteiger partial charge in [-0.25, -0.2) is 9.67 Å². The lowest BCUT2D eigenvalue weighted by Gasteiger charge is -2.27. The monoisotopic (exact) mass is 263 g/mol. The third kappa shape index (κ3) is 1.90. The molecule has 6 heteroatoms. The number of aromatic nitrogens is 4. The van der Waals surface area contributed by atoms with Crippen LogP contribution in [0.4, 0.5) is 5.95 Å². The Bertz CT molecular complexity index is 592. The molecule has 2 heterocycles. The first kappa shape index (κ1) is 12.5. The van der Waals surface area contributed by atoms with Gasteiger partial charge in [0.1, 0.15) is 5.52 Å². The molecule has 6 nitrogen and oxygen atoms in total. The topological polar surface area (TPSA) is 81.9 Å². The van der Waals surface area contributed by atoms with Crippen LogP contribution in [0.1, 0.15) is 44.3 Å². The highest BCUT2D eigenvalue weighted by Crippen LogP contribution is 2.34. The number of aliphatic hydroxyl groups is 1. The molecule has 1 fully saturated rings. The Morgan fingerprint density at radius 3 is 2.63 bits per heavy atom. The standard InChI is InChI=1S/C13H21N5O/c1-3-17-12-11(8(2)16-17)15-13(14)18(12)9-4-6-10(19)7-5-9/h9-10,19H,3-7H2,1-2H3,(H2,14,15). The average molecular weight is 263 g/mol. The van der Waals surface area contributed by atoms with Crippen molar-refractivity contribution in [3.63, 3.8) is 0 Å². The van der Waals surface area contributed by atoms with Crippen molar-refractivity contribution in [3.8, 4) is 0 Å². The lowest BCUT2D eigenvalue weighted by atomic mass is 9.93. The van der Waals surface area contributed by atoms with E-state index < -0.39 is 0 Å². The maximum atomic E-state index is 9.64. The molecule has 0 saturated heterocycles. The molecule has 0 unspecified atom stereocenters. The summed E-state index contributed by atoms with van der Waals surface area (Å²) in [7, 11) is 0. The van der Waals surface area contributed by atoms with Crippen molar-refractivity contribution in [3.05, 3.63) is 5.69 Å². The van der Waals surface area contributed by atoms with Gasteiger partial charge in [0.25, 0.3) is 0 Å². The fourth-order valence-electron chi connectivity index (χ4n) is 3.10. The van der Waals surface area contributed by atoms with Gasteiger partial charge in [0.2, 0.25) is 5.95 Å². The normalized spacial score (nSPS) is 24.2.